The Bertz CT molecular complexity index is 1110. The van der Waals surface area contributed by atoms with E-state index in [1.54, 1.807) is 48.5 Å². The number of rotatable bonds is 7. The fourth-order valence-electron chi connectivity index (χ4n) is 2.51. The number of non-ortho nitro benzene ring substituents is 1. The van der Waals surface area contributed by atoms with Gasteiger partial charge in [0.1, 0.15) is 5.75 Å². The van der Waals surface area contributed by atoms with E-state index >= 15 is 0 Å². The molecule has 0 fully saturated rings. The van der Waals surface area contributed by atoms with Crippen molar-refractivity contribution in [2.75, 3.05) is 0 Å². The molecule has 3 aromatic rings. The normalized spacial score (nSPS) is 10.6. The molecule has 3 aromatic carbocycles. The summed E-state index contributed by atoms with van der Waals surface area (Å²) in [7, 11) is 0. The van der Waals surface area contributed by atoms with E-state index in [9.17, 15) is 19.7 Å². The highest BCUT2D eigenvalue weighted by molar-refractivity contribution is 6.30. The molecular formula is C22H16ClN3O5. The van der Waals surface area contributed by atoms with Crippen LogP contribution in [0.25, 0.3) is 0 Å². The maximum atomic E-state index is 12.1. The van der Waals surface area contributed by atoms with Gasteiger partial charge in [0.05, 0.1) is 23.1 Å². The van der Waals surface area contributed by atoms with Crippen LogP contribution >= 0.6 is 11.6 Å². The van der Waals surface area contributed by atoms with Gasteiger partial charge in [-0.25, -0.2) is 10.2 Å². The zero-order chi connectivity index (χ0) is 22.2. The first-order valence-electron chi connectivity index (χ1n) is 9.04. The summed E-state index contributed by atoms with van der Waals surface area (Å²) in [5.41, 5.74) is 4.05. The Morgan fingerprint density at radius 2 is 1.65 bits per heavy atom. The molecule has 1 N–H and O–H groups in total. The standard InChI is InChI=1S/C22H16ClN3O5/c23-18-7-5-17(6-8-18)22(28)31-20-11-3-16(4-12-20)14-24-25-21(27)13-15-1-9-19(10-2-15)26(29)30/h1-12,14H,13H2,(H,25,27)/b24-14-. The molecule has 0 aliphatic rings. The third-order valence-electron chi connectivity index (χ3n) is 4.09. The largest absolute Gasteiger partial charge is 0.423 e. The van der Waals surface area contributed by atoms with Crippen LogP contribution in [-0.2, 0) is 11.2 Å². The van der Waals surface area contributed by atoms with Crippen LogP contribution in [0.5, 0.6) is 5.75 Å². The lowest BCUT2D eigenvalue weighted by Gasteiger charge is -2.05. The number of carbonyl (C=O) groups is 2. The van der Waals surface area contributed by atoms with Crippen LogP contribution in [0, 0.1) is 10.1 Å². The molecule has 0 atom stereocenters. The summed E-state index contributed by atoms with van der Waals surface area (Å²) in [6.07, 6.45) is 1.48. The van der Waals surface area contributed by atoms with E-state index in [2.05, 4.69) is 10.5 Å². The van der Waals surface area contributed by atoms with E-state index in [4.69, 9.17) is 16.3 Å². The SMILES string of the molecule is O=C(Cc1ccc([N+](=O)[O-])cc1)N/N=C\c1ccc(OC(=O)c2ccc(Cl)cc2)cc1. The minimum Gasteiger partial charge on any atom is -0.423 e. The van der Waals surface area contributed by atoms with E-state index in [0.717, 1.165) is 0 Å². The number of ether oxygens (including phenoxy) is 1. The Balaban J connectivity index is 1.49. The van der Waals surface area contributed by atoms with E-state index in [1.807, 2.05) is 0 Å². The number of benzene rings is 3. The number of carbonyl (C=O) groups excluding carboxylic acids is 2. The predicted octanol–water partition coefficient (Wildman–Crippen LogP) is 4.16. The number of esters is 1. The lowest BCUT2D eigenvalue weighted by atomic mass is 10.1. The summed E-state index contributed by atoms with van der Waals surface area (Å²) in [6.45, 7) is 0. The molecular weight excluding hydrogens is 422 g/mol. The molecule has 3 rings (SSSR count). The van der Waals surface area contributed by atoms with Gasteiger partial charge in [0.15, 0.2) is 0 Å². The predicted molar refractivity (Wildman–Crippen MR) is 115 cm³/mol. The maximum absolute atomic E-state index is 12.1. The van der Waals surface area contributed by atoms with Crippen molar-refractivity contribution in [3.63, 3.8) is 0 Å². The van der Waals surface area contributed by atoms with Gasteiger partial charge in [-0.05, 0) is 59.7 Å². The van der Waals surface area contributed by atoms with Gasteiger partial charge in [0.25, 0.3) is 5.69 Å². The molecule has 0 heterocycles. The van der Waals surface area contributed by atoms with E-state index in [1.165, 1.54) is 30.5 Å². The Labute approximate surface area is 182 Å². The van der Waals surface area contributed by atoms with Crippen LogP contribution in [0.4, 0.5) is 5.69 Å². The number of nitro benzene ring substituents is 1. The topological polar surface area (TPSA) is 111 Å². The Morgan fingerprint density at radius 1 is 1.00 bits per heavy atom. The number of nitrogens with one attached hydrogen (secondary N) is 1. The van der Waals surface area contributed by atoms with Crippen molar-refractivity contribution in [2.45, 2.75) is 6.42 Å². The Morgan fingerprint density at radius 3 is 2.26 bits per heavy atom. The summed E-state index contributed by atoms with van der Waals surface area (Å²) in [5, 5.41) is 15.0. The third kappa shape index (κ3) is 6.48. The zero-order valence-electron chi connectivity index (χ0n) is 16.0. The molecule has 0 saturated heterocycles. The molecule has 0 aromatic heterocycles. The van der Waals surface area contributed by atoms with Crippen LogP contribution in [-0.4, -0.2) is 23.0 Å². The van der Waals surface area contributed by atoms with Crippen molar-refractivity contribution in [3.8, 4) is 5.75 Å². The number of halogens is 1. The second-order valence-corrected chi connectivity index (χ2v) is 6.80. The van der Waals surface area contributed by atoms with Gasteiger partial charge < -0.3 is 4.74 Å². The van der Waals surface area contributed by atoms with Gasteiger partial charge in [-0.3, -0.25) is 14.9 Å². The second kappa shape index (κ2) is 10.1. The molecule has 0 bridgehead atoms. The average molecular weight is 438 g/mol. The maximum Gasteiger partial charge on any atom is 0.343 e. The van der Waals surface area contributed by atoms with E-state index in [0.29, 0.717) is 27.5 Å². The monoisotopic (exact) mass is 437 g/mol. The van der Waals surface area contributed by atoms with Gasteiger partial charge >= 0.3 is 5.97 Å². The van der Waals surface area contributed by atoms with Crippen molar-refractivity contribution in [3.05, 3.63) is 105 Å². The van der Waals surface area contributed by atoms with Crippen molar-refractivity contribution < 1.29 is 19.2 Å². The van der Waals surface area contributed by atoms with Crippen LogP contribution in [0.1, 0.15) is 21.5 Å². The molecule has 0 aliphatic carbocycles. The van der Waals surface area contributed by atoms with Crippen molar-refractivity contribution in [1.82, 2.24) is 5.43 Å². The van der Waals surface area contributed by atoms with E-state index < -0.39 is 10.9 Å². The fraction of sp³-hybridized carbons (Fsp3) is 0.0455. The smallest absolute Gasteiger partial charge is 0.343 e. The first-order chi connectivity index (χ1) is 14.9. The fourth-order valence-corrected chi connectivity index (χ4v) is 2.64. The molecule has 8 nitrogen and oxygen atoms in total. The van der Waals surface area contributed by atoms with Gasteiger partial charge in [-0.1, -0.05) is 23.7 Å². The summed E-state index contributed by atoms with van der Waals surface area (Å²) in [4.78, 5) is 34.2. The highest BCUT2D eigenvalue weighted by Crippen LogP contribution is 2.15. The molecule has 0 aliphatic heterocycles. The van der Waals surface area contributed by atoms with Gasteiger partial charge in [0.2, 0.25) is 5.91 Å². The van der Waals surface area contributed by atoms with Crippen LogP contribution in [0.3, 0.4) is 0 Å². The average Bonchev–Trinajstić information content (AvgIpc) is 2.76. The minimum absolute atomic E-state index is 0.0366. The van der Waals surface area contributed by atoms with Crippen LogP contribution in [0.2, 0.25) is 5.02 Å². The van der Waals surface area contributed by atoms with Gasteiger partial charge in [-0.15, -0.1) is 0 Å². The summed E-state index contributed by atoms with van der Waals surface area (Å²) >= 11 is 5.80. The molecule has 0 unspecified atom stereocenters. The third-order valence-corrected chi connectivity index (χ3v) is 4.34. The summed E-state index contributed by atoms with van der Waals surface area (Å²) in [5.74, 6) is -0.505. The summed E-state index contributed by atoms with van der Waals surface area (Å²) in [6, 6.07) is 18.6. The Hall–Kier alpha value is -4.04. The van der Waals surface area contributed by atoms with Crippen LogP contribution < -0.4 is 10.2 Å². The molecule has 1 amide bonds. The van der Waals surface area contributed by atoms with Crippen molar-refractivity contribution >= 4 is 35.4 Å². The van der Waals surface area contributed by atoms with Crippen molar-refractivity contribution in [2.24, 2.45) is 5.10 Å². The lowest BCUT2D eigenvalue weighted by molar-refractivity contribution is -0.384. The quantitative estimate of drug-likeness (QED) is 0.196. The van der Waals surface area contributed by atoms with Gasteiger partial charge in [0, 0.05) is 17.2 Å². The number of hydrogen-bond donors (Lipinski definition) is 1. The number of amides is 1. The number of nitrogens with zero attached hydrogens (tertiary/aromatic N) is 2. The van der Waals surface area contributed by atoms with Crippen molar-refractivity contribution in [1.29, 1.82) is 0 Å². The zero-order valence-corrected chi connectivity index (χ0v) is 16.8. The molecule has 0 saturated carbocycles. The summed E-state index contributed by atoms with van der Waals surface area (Å²) < 4.78 is 5.29. The first kappa shape index (κ1) is 21.7. The highest BCUT2D eigenvalue weighted by Gasteiger charge is 2.09. The highest BCUT2D eigenvalue weighted by atomic mass is 35.5. The Kier molecular flexibility index (Phi) is 7.08. The molecule has 0 spiro atoms. The lowest BCUT2D eigenvalue weighted by Crippen LogP contribution is -2.19. The first-order valence-corrected chi connectivity index (χ1v) is 9.41. The molecule has 156 valence electrons. The molecule has 9 heteroatoms. The second-order valence-electron chi connectivity index (χ2n) is 6.36. The van der Waals surface area contributed by atoms with E-state index in [-0.39, 0.29) is 18.0 Å². The molecule has 31 heavy (non-hydrogen) atoms. The van der Waals surface area contributed by atoms with Crippen LogP contribution in [0.15, 0.2) is 77.9 Å². The number of hydrogen-bond acceptors (Lipinski definition) is 6. The molecule has 0 radical (unpaired) electrons. The van der Waals surface area contributed by atoms with Gasteiger partial charge in [-0.2, -0.15) is 5.10 Å². The number of nitro groups is 1. The number of hydrazone groups is 1. The minimum atomic E-state index is -0.503.